The van der Waals surface area contributed by atoms with E-state index in [1.54, 1.807) is 12.1 Å². The summed E-state index contributed by atoms with van der Waals surface area (Å²) in [6, 6.07) is 11.4. The van der Waals surface area contributed by atoms with E-state index < -0.39 is 0 Å². The van der Waals surface area contributed by atoms with E-state index in [0.29, 0.717) is 5.92 Å². The second-order valence-electron chi connectivity index (χ2n) is 5.18. The predicted molar refractivity (Wildman–Crippen MR) is 84.9 cm³/mol. The number of hydrogen-bond donors (Lipinski definition) is 1. The Kier molecular flexibility index (Phi) is 5.74. The summed E-state index contributed by atoms with van der Waals surface area (Å²) >= 11 is 1.91. The Morgan fingerprint density at radius 1 is 1.05 bits per heavy atom. The minimum Gasteiger partial charge on any atom is -0.319 e. The summed E-state index contributed by atoms with van der Waals surface area (Å²) in [5, 5.41) is 3.27. The van der Waals surface area contributed by atoms with Crippen LogP contribution >= 0.6 is 11.3 Å². The molecule has 0 saturated carbocycles. The fraction of sp³-hybridized carbons (Fsp3) is 0.412. The van der Waals surface area contributed by atoms with Gasteiger partial charge in [-0.2, -0.15) is 0 Å². The molecule has 2 aromatic rings. The van der Waals surface area contributed by atoms with Gasteiger partial charge in [0.25, 0.3) is 0 Å². The number of thiophene rings is 1. The van der Waals surface area contributed by atoms with Gasteiger partial charge >= 0.3 is 0 Å². The van der Waals surface area contributed by atoms with Gasteiger partial charge in [-0.25, -0.2) is 4.39 Å². The van der Waals surface area contributed by atoms with Crippen molar-refractivity contribution in [2.45, 2.75) is 26.2 Å². The van der Waals surface area contributed by atoms with Crippen LogP contribution in [0.5, 0.6) is 0 Å². The van der Waals surface area contributed by atoms with Crippen molar-refractivity contribution in [2.75, 3.05) is 13.6 Å². The maximum atomic E-state index is 13.0. The molecule has 0 saturated heterocycles. The van der Waals surface area contributed by atoms with E-state index in [4.69, 9.17) is 0 Å². The van der Waals surface area contributed by atoms with Gasteiger partial charge in [0.2, 0.25) is 0 Å². The second-order valence-corrected chi connectivity index (χ2v) is 6.43. The molecule has 0 radical (unpaired) electrons. The highest BCUT2D eigenvalue weighted by Gasteiger charge is 2.11. The van der Waals surface area contributed by atoms with E-state index >= 15 is 0 Å². The largest absolute Gasteiger partial charge is 0.319 e. The topological polar surface area (TPSA) is 12.0 Å². The number of hydrogen-bond acceptors (Lipinski definition) is 2. The lowest BCUT2D eigenvalue weighted by atomic mass is 9.95. The first-order valence-corrected chi connectivity index (χ1v) is 7.99. The van der Waals surface area contributed by atoms with E-state index in [1.807, 2.05) is 30.5 Å². The monoisotopic (exact) mass is 291 g/mol. The Balaban J connectivity index is 2.00. The van der Waals surface area contributed by atoms with E-state index in [-0.39, 0.29) is 5.82 Å². The van der Waals surface area contributed by atoms with Gasteiger partial charge in [-0.05, 0) is 68.6 Å². The Morgan fingerprint density at radius 2 is 1.75 bits per heavy atom. The van der Waals surface area contributed by atoms with Crippen molar-refractivity contribution in [2.24, 2.45) is 5.92 Å². The normalized spacial score (nSPS) is 12.6. The quantitative estimate of drug-likeness (QED) is 0.811. The van der Waals surface area contributed by atoms with Crippen LogP contribution in [0.4, 0.5) is 4.39 Å². The lowest BCUT2D eigenvalue weighted by molar-refractivity contribution is 0.496. The summed E-state index contributed by atoms with van der Waals surface area (Å²) in [4.78, 5) is 2.90. The number of aryl methyl sites for hydroxylation is 1. The minimum absolute atomic E-state index is 0.162. The molecule has 2 rings (SSSR count). The third kappa shape index (κ3) is 4.43. The van der Waals surface area contributed by atoms with Gasteiger partial charge in [-0.15, -0.1) is 11.3 Å². The van der Waals surface area contributed by atoms with Crippen LogP contribution in [-0.4, -0.2) is 13.6 Å². The molecule has 0 amide bonds. The van der Waals surface area contributed by atoms with E-state index in [0.717, 1.165) is 25.8 Å². The number of nitrogens with one attached hydrogen (secondary N) is 1. The number of halogens is 1. The van der Waals surface area contributed by atoms with Crippen molar-refractivity contribution >= 4 is 11.3 Å². The predicted octanol–water partition coefficient (Wildman–Crippen LogP) is 4.07. The molecular formula is C17H22FNS. The van der Waals surface area contributed by atoms with Crippen LogP contribution in [0.25, 0.3) is 0 Å². The first kappa shape index (κ1) is 15.2. The fourth-order valence-corrected chi connectivity index (χ4v) is 3.54. The molecule has 0 aliphatic carbocycles. The maximum absolute atomic E-state index is 13.0. The molecular weight excluding hydrogens is 269 g/mol. The molecule has 1 N–H and O–H groups in total. The van der Waals surface area contributed by atoms with Crippen LogP contribution in [-0.2, 0) is 19.3 Å². The van der Waals surface area contributed by atoms with Crippen molar-refractivity contribution in [1.29, 1.82) is 0 Å². The van der Waals surface area contributed by atoms with Crippen molar-refractivity contribution in [3.8, 4) is 0 Å². The molecule has 0 spiro atoms. The lowest BCUT2D eigenvalue weighted by Gasteiger charge is -2.16. The lowest BCUT2D eigenvalue weighted by Crippen LogP contribution is -2.22. The van der Waals surface area contributed by atoms with E-state index in [2.05, 4.69) is 24.4 Å². The van der Waals surface area contributed by atoms with Crippen LogP contribution in [0.1, 0.15) is 22.2 Å². The molecule has 0 aliphatic heterocycles. The molecule has 20 heavy (non-hydrogen) atoms. The Morgan fingerprint density at radius 3 is 2.35 bits per heavy atom. The number of benzene rings is 1. The van der Waals surface area contributed by atoms with Gasteiger partial charge < -0.3 is 5.32 Å². The highest BCUT2D eigenvalue weighted by Crippen LogP contribution is 2.22. The SMILES string of the molecule is CCc1ccc(CC(CNC)Cc2ccc(F)cc2)s1. The van der Waals surface area contributed by atoms with Crippen molar-refractivity contribution in [3.63, 3.8) is 0 Å². The molecule has 108 valence electrons. The van der Waals surface area contributed by atoms with Crippen molar-refractivity contribution in [1.82, 2.24) is 5.32 Å². The van der Waals surface area contributed by atoms with Crippen LogP contribution in [0.3, 0.4) is 0 Å². The smallest absolute Gasteiger partial charge is 0.123 e. The van der Waals surface area contributed by atoms with E-state index in [1.165, 1.54) is 15.3 Å². The molecule has 1 aromatic heterocycles. The average molecular weight is 291 g/mol. The molecule has 1 aromatic carbocycles. The summed E-state index contributed by atoms with van der Waals surface area (Å²) in [7, 11) is 1.99. The Bertz CT molecular complexity index is 518. The Labute approximate surface area is 124 Å². The number of rotatable bonds is 7. The minimum atomic E-state index is -0.162. The van der Waals surface area contributed by atoms with Gasteiger partial charge in [-0.1, -0.05) is 19.1 Å². The van der Waals surface area contributed by atoms with Gasteiger partial charge in [0.15, 0.2) is 0 Å². The van der Waals surface area contributed by atoms with Crippen LogP contribution in [0.15, 0.2) is 36.4 Å². The van der Waals surface area contributed by atoms with Crippen LogP contribution in [0.2, 0.25) is 0 Å². The zero-order valence-electron chi connectivity index (χ0n) is 12.2. The Hall–Kier alpha value is -1.19. The van der Waals surface area contributed by atoms with Crippen molar-refractivity contribution < 1.29 is 4.39 Å². The molecule has 0 bridgehead atoms. The first-order valence-electron chi connectivity index (χ1n) is 7.18. The summed E-state index contributed by atoms with van der Waals surface area (Å²) in [5.41, 5.74) is 1.21. The van der Waals surface area contributed by atoms with Gasteiger partial charge in [0.1, 0.15) is 5.82 Å². The van der Waals surface area contributed by atoms with Crippen LogP contribution in [0, 0.1) is 11.7 Å². The maximum Gasteiger partial charge on any atom is 0.123 e. The zero-order chi connectivity index (χ0) is 14.4. The van der Waals surface area contributed by atoms with E-state index in [9.17, 15) is 4.39 Å². The average Bonchev–Trinajstić information content (AvgIpc) is 2.89. The third-order valence-corrected chi connectivity index (χ3v) is 4.74. The molecule has 3 heteroatoms. The molecule has 1 heterocycles. The van der Waals surface area contributed by atoms with Crippen LogP contribution < -0.4 is 5.32 Å². The molecule has 0 aliphatic rings. The summed E-state index contributed by atoms with van der Waals surface area (Å²) in [6.07, 6.45) is 3.18. The van der Waals surface area contributed by atoms with Gasteiger partial charge in [-0.3, -0.25) is 0 Å². The molecule has 0 fully saturated rings. The summed E-state index contributed by atoms with van der Waals surface area (Å²) < 4.78 is 13.0. The second kappa shape index (κ2) is 7.55. The highest BCUT2D eigenvalue weighted by atomic mass is 32.1. The fourth-order valence-electron chi connectivity index (χ4n) is 2.47. The van der Waals surface area contributed by atoms with Crippen molar-refractivity contribution in [3.05, 3.63) is 57.5 Å². The zero-order valence-corrected chi connectivity index (χ0v) is 13.0. The molecule has 1 atom stereocenters. The first-order chi connectivity index (χ1) is 9.71. The molecule has 1 nitrogen and oxygen atoms in total. The molecule has 1 unspecified atom stereocenters. The van der Waals surface area contributed by atoms with Gasteiger partial charge in [0, 0.05) is 9.75 Å². The summed E-state index contributed by atoms with van der Waals surface area (Å²) in [6.45, 7) is 3.18. The third-order valence-electron chi connectivity index (χ3n) is 3.49. The highest BCUT2D eigenvalue weighted by molar-refractivity contribution is 7.11. The standard InChI is InChI=1S/C17H22FNS/c1-3-16-8-9-17(20-16)11-14(12-19-2)10-13-4-6-15(18)7-5-13/h4-9,14,19H,3,10-12H2,1-2H3. The summed E-state index contributed by atoms with van der Waals surface area (Å²) in [5.74, 6) is 0.388. The van der Waals surface area contributed by atoms with Gasteiger partial charge in [0.05, 0.1) is 0 Å².